The zero-order valence-electron chi connectivity index (χ0n) is 11.1. The maximum absolute atomic E-state index is 12.0. The third kappa shape index (κ3) is 1.86. The monoisotopic (exact) mass is 256 g/mol. The molecule has 0 unspecified atom stereocenters. The third-order valence-electron chi connectivity index (χ3n) is 3.71. The van der Waals surface area contributed by atoms with Gasteiger partial charge in [-0.25, -0.2) is 0 Å². The molecule has 0 amide bonds. The highest BCUT2D eigenvalue weighted by atomic mass is 16.5. The highest BCUT2D eigenvalue weighted by Crippen LogP contribution is 2.40. The lowest BCUT2D eigenvalue weighted by atomic mass is 9.92. The number of para-hydroxylation sites is 1. The number of ether oxygens (including phenoxy) is 1. The number of furan rings is 1. The van der Waals surface area contributed by atoms with Crippen LogP contribution in [-0.2, 0) is 9.53 Å². The summed E-state index contributed by atoms with van der Waals surface area (Å²) >= 11 is 0. The lowest BCUT2D eigenvalue weighted by Crippen LogP contribution is -2.14. The summed E-state index contributed by atoms with van der Waals surface area (Å²) in [4.78, 5) is 12.0. The highest BCUT2D eigenvalue weighted by molar-refractivity contribution is 5.90. The lowest BCUT2D eigenvalue weighted by Gasteiger charge is -2.12. The molecular weight excluding hydrogens is 240 g/mol. The van der Waals surface area contributed by atoms with Gasteiger partial charge in [0.15, 0.2) is 0 Å². The van der Waals surface area contributed by atoms with Gasteiger partial charge in [0.2, 0.25) is 0 Å². The van der Waals surface area contributed by atoms with Gasteiger partial charge in [0.25, 0.3) is 0 Å². The summed E-state index contributed by atoms with van der Waals surface area (Å²) in [6.45, 7) is 2.08. The van der Waals surface area contributed by atoms with Gasteiger partial charge in [-0.2, -0.15) is 0 Å². The number of rotatable bonds is 1. The fraction of sp³-hybridized carbons (Fsp3) is 0.312. The van der Waals surface area contributed by atoms with Crippen LogP contribution >= 0.6 is 0 Å². The summed E-state index contributed by atoms with van der Waals surface area (Å²) in [6.07, 6.45) is 4.79. The van der Waals surface area contributed by atoms with Gasteiger partial charge in [-0.05, 0) is 12.5 Å². The fourth-order valence-corrected chi connectivity index (χ4v) is 2.76. The first kappa shape index (κ1) is 12.0. The number of allylic oxidation sites excluding steroid dienone is 2. The SMILES string of the molecule is COC(=O)[C@H]1CC=C[C@H](C)c2oc3ccccc3c21. The standard InChI is InChI=1S/C16H16O3/c1-10-6-5-8-12(16(17)18-2)14-11-7-3-4-9-13(11)19-15(10)14/h3-7,9-10,12H,8H2,1-2H3/t10-,12-/m0/s1. The molecule has 19 heavy (non-hydrogen) atoms. The number of esters is 1. The Morgan fingerprint density at radius 2 is 2.16 bits per heavy atom. The zero-order valence-corrected chi connectivity index (χ0v) is 11.1. The van der Waals surface area contributed by atoms with E-state index in [-0.39, 0.29) is 17.8 Å². The van der Waals surface area contributed by atoms with E-state index in [0.717, 1.165) is 22.3 Å². The van der Waals surface area contributed by atoms with E-state index >= 15 is 0 Å². The van der Waals surface area contributed by atoms with E-state index in [1.54, 1.807) is 0 Å². The van der Waals surface area contributed by atoms with Crippen LogP contribution in [0.4, 0.5) is 0 Å². The molecule has 0 bridgehead atoms. The van der Waals surface area contributed by atoms with Crippen molar-refractivity contribution >= 4 is 16.9 Å². The molecule has 0 fully saturated rings. The Bertz CT molecular complexity index is 651. The zero-order chi connectivity index (χ0) is 13.4. The van der Waals surface area contributed by atoms with Crippen molar-refractivity contribution < 1.29 is 13.9 Å². The minimum absolute atomic E-state index is 0.178. The van der Waals surface area contributed by atoms with Gasteiger partial charge in [0.05, 0.1) is 13.0 Å². The largest absolute Gasteiger partial charge is 0.469 e. The van der Waals surface area contributed by atoms with Crippen LogP contribution in [0.15, 0.2) is 40.8 Å². The fourth-order valence-electron chi connectivity index (χ4n) is 2.76. The molecule has 98 valence electrons. The highest BCUT2D eigenvalue weighted by Gasteiger charge is 2.31. The first-order valence-electron chi connectivity index (χ1n) is 6.48. The van der Waals surface area contributed by atoms with E-state index in [9.17, 15) is 4.79 Å². The van der Waals surface area contributed by atoms with Crippen LogP contribution in [0.25, 0.3) is 11.0 Å². The van der Waals surface area contributed by atoms with Gasteiger partial charge in [0.1, 0.15) is 11.3 Å². The van der Waals surface area contributed by atoms with Gasteiger partial charge in [-0.3, -0.25) is 4.79 Å². The Morgan fingerprint density at radius 3 is 2.95 bits per heavy atom. The number of hydrogen-bond donors (Lipinski definition) is 0. The molecule has 0 radical (unpaired) electrons. The quantitative estimate of drug-likeness (QED) is 0.576. The number of hydrogen-bond acceptors (Lipinski definition) is 3. The maximum atomic E-state index is 12.0. The topological polar surface area (TPSA) is 39.4 Å². The van der Waals surface area contributed by atoms with Crippen LogP contribution in [0, 0.1) is 0 Å². The molecule has 1 aromatic carbocycles. The molecule has 1 aromatic heterocycles. The summed E-state index contributed by atoms with van der Waals surface area (Å²) in [5, 5.41) is 1.02. The van der Waals surface area contributed by atoms with Gasteiger partial charge in [0, 0.05) is 16.9 Å². The van der Waals surface area contributed by atoms with Crippen molar-refractivity contribution in [1.29, 1.82) is 0 Å². The summed E-state index contributed by atoms with van der Waals surface area (Å²) < 4.78 is 10.9. The van der Waals surface area contributed by atoms with Crippen LogP contribution in [0.2, 0.25) is 0 Å². The average molecular weight is 256 g/mol. The molecule has 0 saturated carbocycles. The second-order valence-electron chi connectivity index (χ2n) is 4.90. The molecule has 1 heterocycles. The van der Waals surface area contributed by atoms with Gasteiger partial charge in [-0.1, -0.05) is 37.3 Å². The van der Waals surface area contributed by atoms with Gasteiger partial charge < -0.3 is 9.15 Å². The van der Waals surface area contributed by atoms with Crippen molar-refractivity contribution in [3.8, 4) is 0 Å². The summed E-state index contributed by atoms with van der Waals surface area (Å²) in [5.41, 5.74) is 1.82. The average Bonchev–Trinajstić information content (AvgIpc) is 2.74. The van der Waals surface area contributed by atoms with Crippen LogP contribution < -0.4 is 0 Å². The number of carbonyl (C=O) groups is 1. The van der Waals surface area contributed by atoms with Crippen molar-refractivity contribution in [2.45, 2.75) is 25.2 Å². The second-order valence-corrected chi connectivity index (χ2v) is 4.90. The van der Waals surface area contributed by atoms with Crippen LogP contribution in [0.5, 0.6) is 0 Å². The van der Waals surface area contributed by atoms with Gasteiger partial charge in [-0.15, -0.1) is 0 Å². The minimum atomic E-state index is -0.273. The first-order valence-corrected chi connectivity index (χ1v) is 6.48. The van der Waals surface area contributed by atoms with E-state index in [4.69, 9.17) is 9.15 Å². The van der Waals surface area contributed by atoms with Gasteiger partial charge >= 0.3 is 5.97 Å². The number of carbonyl (C=O) groups excluding carboxylic acids is 1. The molecule has 0 spiro atoms. The van der Waals surface area contributed by atoms with Crippen molar-refractivity contribution in [1.82, 2.24) is 0 Å². The Labute approximate surface area is 111 Å². The van der Waals surface area contributed by atoms with E-state index in [1.807, 2.05) is 30.3 Å². The molecule has 3 rings (SSSR count). The lowest BCUT2D eigenvalue weighted by molar-refractivity contribution is -0.142. The van der Waals surface area contributed by atoms with Crippen LogP contribution in [0.3, 0.4) is 0 Å². The van der Waals surface area contributed by atoms with E-state index in [2.05, 4.69) is 13.0 Å². The minimum Gasteiger partial charge on any atom is -0.469 e. The summed E-state index contributed by atoms with van der Waals surface area (Å²) in [5.74, 6) is 0.582. The third-order valence-corrected chi connectivity index (χ3v) is 3.71. The maximum Gasteiger partial charge on any atom is 0.313 e. The summed E-state index contributed by atoms with van der Waals surface area (Å²) in [6, 6.07) is 7.86. The van der Waals surface area contributed by atoms with Crippen LogP contribution in [0.1, 0.15) is 36.5 Å². The van der Waals surface area contributed by atoms with Crippen molar-refractivity contribution in [2.75, 3.05) is 7.11 Å². The normalized spacial score (nSPS) is 22.0. The second kappa shape index (κ2) is 4.57. The molecule has 0 N–H and O–H groups in total. The van der Waals surface area contributed by atoms with E-state index in [0.29, 0.717) is 6.42 Å². The number of methoxy groups -OCH3 is 1. The van der Waals surface area contributed by atoms with E-state index < -0.39 is 0 Å². The number of fused-ring (bicyclic) bond motifs is 3. The number of benzene rings is 1. The molecule has 1 aliphatic carbocycles. The molecule has 3 heteroatoms. The van der Waals surface area contributed by atoms with Crippen molar-refractivity contribution in [3.63, 3.8) is 0 Å². The summed E-state index contributed by atoms with van der Waals surface area (Å²) in [7, 11) is 1.43. The van der Waals surface area contributed by atoms with E-state index in [1.165, 1.54) is 7.11 Å². The van der Waals surface area contributed by atoms with Crippen molar-refractivity contribution in [3.05, 3.63) is 47.7 Å². The smallest absolute Gasteiger partial charge is 0.313 e. The molecule has 0 aliphatic heterocycles. The molecule has 0 saturated heterocycles. The molecular formula is C16H16O3. The first-order chi connectivity index (χ1) is 9.22. The predicted octanol–water partition coefficient (Wildman–Crippen LogP) is 3.75. The predicted molar refractivity (Wildman–Crippen MR) is 73.1 cm³/mol. The molecule has 2 atom stereocenters. The Morgan fingerprint density at radius 1 is 1.37 bits per heavy atom. The van der Waals surface area contributed by atoms with Crippen molar-refractivity contribution in [2.24, 2.45) is 0 Å². The molecule has 2 aromatic rings. The Hall–Kier alpha value is -2.03. The molecule has 3 nitrogen and oxygen atoms in total. The Kier molecular flexibility index (Phi) is 2.90. The van der Waals surface area contributed by atoms with Crippen LogP contribution in [-0.4, -0.2) is 13.1 Å². The molecule has 1 aliphatic rings. The Balaban J connectivity index is 2.27.